The topological polar surface area (TPSA) is 171 Å². The molecule has 4 amide bonds. The summed E-state index contributed by atoms with van der Waals surface area (Å²) < 4.78 is 14.3. The number of benzene rings is 2. The largest absolute Gasteiger partial charge is 0.490 e. The number of carbonyl (C=O) groups is 3. The first-order valence-electron chi connectivity index (χ1n) is 19.0. The van der Waals surface area contributed by atoms with Crippen molar-refractivity contribution in [3.63, 3.8) is 0 Å². The molecule has 16 heteroatoms. The van der Waals surface area contributed by atoms with Gasteiger partial charge in [-0.1, -0.05) is 17.7 Å². The molecule has 286 valence electrons. The molecule has 55 heavy (non-hydrogen) atoms. The number of carbonyl (C=O) groups excluding carboxylic acids is 3. The Kier molecular flexibility index (Phi) is 10.8. The van der Waals surface area contributed by atoms with Crippen LogP contribution in [0.2, 0.25) is 5.02 Å². The molecule has 2 aromatic carbocycles. The van der Waals surface area contributed by atoms with Crippen LogP contribution in [0.4, 0.5) is 16.3 Å². The molecule has 0 bridgehead atoms. The number of nitriles is 1. The second kappa shape index (κ2) is 16.2. The Morgan fingerprint density at radius 1 is 1.02 bits per heavy atom. The van der Waals surface area contributed by atoms with Crippen LogP contribution in [0.1, 0.15) is 67.0 Å². The van der Waals surface area contributed by atoms with Crippen LogP contribution >= 0.6 is 11.6 Å². The predicted octanol–water partition coefficient (Wildman–Crippen LogP) is 4.46. The standard InChI is InChI=1S/C39H43ClN10O5/c40-32-20-29(7-4-25(32)21-41)55-28-8-5-26(6-9-28)43-38(52)33-10-11-36(46-45-33)48-18-19-54-30(24-48)23-47-15-12-27(13-16-47)50-35-3-1-2-34(31(35)22-42-50)49-17-14-37(51)44-39(49)53/h1-4,7,10-11,20,22,26-28,30H,5-6,8-9,12-19,23-24H2,(H,43,52)(H,44,51,53)/t26?,28?,30-/m1/s1. The van der Waals surface area contributed by atoms with E-state index >= 15 is 0 Å². The van der Waals surface area contributed by atoms with Gasteiger partial charge in [-0.2, -0.15) is 10.4 Å². The molecule has 0 spiro atoms. The first-order valence-corrected chi connectivity index (χ1v) is 19.4. The Labute approximate surface area is 323 Å². The van der Waals surface area contributed by atoms with E-state index < -0.39 is 6.03 Å². The van der Waals surface area contributed by atoms with Crippen LogP contribution in [0.15, 0.2) is 54.7 Å². The summed E-state index contributed by atoms with van der Waals surface area (Å²) in [5.74, 6) is 0.880. The van der Waals surface area contributed by atoms with Crippen molar-refractivity contribution in [2.75, 3.05) is 55.7 Å². The molecule has 0 unspecified atom stereocenters. The summed E-state index contributed by atoms with van der Waals surface area (Å²) in [5.41, 5.74) is 2.46. The van der Waals surface area contributed by atoms with E-state index in [0.29, 0.717) is 42.6 Å². The molecule has 15 nitrogen and oxygen atoms in total. The van der Waals surface area contributed by atoms with Gasteiger partial charge in [0.1, 0.15) is 11.8 Å². The Morgan fingerprint density at radius 3 is 2.60 bits per heavy atom. The maximum Gasteiger partial charge on any atom is 0.328 e. The van der Waals surface area contributed by atoms with Crippen LogP contribution in [-0.4, -0.2) is 107 Å². The lowest BCUT2D eigenvalue weighted by Gasteiger charge is -2.38. The summed E-state index contributed by atoms with van der Waals surface area (Å²) in [6.07, 6.45) is 7.16. The third kappa shape index (κ3) is 8.22. The monoisotopic (exact) mass is 766 g/mol. The lowest BCUT2D eigenvalue weighted by Crippen LogP contribution is -2.49. The number of hydrogen-bond acceptors (Lipinski definition) is 11. The minimum Gasteiger partial charge on any atom is -0.490 e. The summed E-state index contributed by atoms with van der Waals surface area (Å²) in [7, 11) is 0. The molecule has 0 radical (unpaired) electrons. The Bertz CT molecular complexity index is 2090. The number of rotatable bonds is 9. The SMILES string of the molecule is N#Cc1ccc(OC2CCC(NC(=O)c3ccc(N4CCO[C@H](CN5CCC(n6ncc7c(N8CCC(=O)NC8=O)cccc76)CC5)C4)nn3)CC2)cc1Cl. The Hall–Kier alpha value is -5.30. The van der Waals surface area contributed by atoms with E-state index in [9.17, 15) is 14.4 Å². The van der Waals surface area contributed by atoms with Gasteiger partial charge < -0.3 is 24.6 Å². The average Bonchev–Trinajstić information content (AvgIpc) is 3.64. The molecule has 4 fully saturated rings. The fraction of sp³-hybridized carbons (Fsp3) is 0.462. The van der Waals surface area contributed by atoms with Gasteiger partial charge in [-0.05, 0) is 74.9 Å². The number of amides is 4. The summed E-state index contributed by atoms with van der Waals surface area (Å²) in [5, 5.41) is 29.4. The fourth-order valence-electron chi connectivity index (χ4n) is 8.10. The number of nitrogens with zero attached hydrogens (tertiary/aromatic N) is 8. The molecule has 5 heterocycles. The number of imide groups is 1. The highest BCUT2D eigenvalue weighted by atomic mass is 35.5. The smallest absolute Gasteiger partial charge is 0.328 e. The van der Waals surface area contributed by atoms with Crippen molar-refractivity contribution in [2.45, 2.75) is 69.2 Å². The highest BCUT2D eigenvalue weighted by Crippen LogP contribution is 2.33. The van der Waals surface area contributed by atoms with Crippen molar-refractivity contribution >= 4 is 51.9 Å². The second-order valence-corrected chi connectivity index (χ2v) is 15.0. The fourth-order valence-corrected chi connectivity index (χ4v) is 8.31. The van der Waals surface area contributed by atoms with E-state index in [-0.39, 0.29) is 48.2 Å². The molecule has 2 N–H and O–H groups in total. The third-order valence-corrected chi connectivity index (χ3v) is 11.4. The lowest BCUT2D eigenvalue weighted by atomic mass is 9.93. The predicted molar refractivity (Wildman–Crippen MR) is 204 cm³/mol. The highest BCUT2D eigenvalue weighted by molar-refractivity contribution is 6.31. The van der Waals surface area contributed by atoms with Crippen LogP contribution in [0.25, 0.3) is 10.9 Å². The van der Waals surface area contributed by atoms with E-state index in [1.165, 1.54) is 0 Å². The van der Waals surface area contributed by atoms with Crippen LogP contribution in [0.5, 0.6) is 5.75 Å². The van der Waals surface area contributed by atoms with E-state index in [0.717, 1.165) is 80.6 Å². The summed E-state index contributed by atoms with van der Waals surface area (Å²) in [6, 6.07) is 16.5. The normalized spacial score (nSPS) is 22.7. The van der Waals surface area contributed by atoms with Crippen molar-refractivity contribution < 1.29 is 23.9 Å². The maximum atomic E-state index is 13.1. The molecule has 8 rings (SSSR count). The molecular weight excluding hydrogens is 724 g/mol. The van der Waals surface area contributed by atoms with Gasteiger partial charge >= 0.3 is 6.03 Å². The zero-order chi connectivity index (χ0) is 37.9. The zero-order valence-electron chi connectivity index (χ0n) is 30.4. The molecule has 4 aromatic rings. The van der Waals surface area contributed by atoms with Gasteiger partial charge in [0.15, 0.2) is 11.5 Å². The van der Waals surface area contributed by atoms with Gasteiger partial charge in [-0.25, -0.2) is 4.79 Å². The number of nitrogens with one attached hydrogen (secondary N) is 2. The number of halogens is 1. The van der Waals surface area contributed by atoms with Crippen LogP contribution < -0.4 is 25.2 Å². The van der Waals surface area contributed by atoms with Gasteiger partial charge in [-0.15, -0.1) is 10.2 Å². The van der Waals surface area contributed by atoms with E-state index in [1.807, 2.05) is 30.5 Å². The first-order chi connectivity index (χ1) is 26.8. The van der Waals surface area contributed by atoms with Crippen molar-refractivity contribution in [2.24, 2.45) is 0 Å². The van der Waals surface area contributed by atoms with Crippen molar-refractivity contribution in [3.05, 3.63) is 71.0 Å². The van der Waals surface area contributed by atoms with E-state index in [2.05, 4.69) is 41.4 Å². The van der Waals surface area contributed by atoms with Crippen LogP contribution in [0.3, 0.4) is 0 Å². The second-order valence-electron chi connectivity index (χ2n) is 14.6. The zero-order valence-corrected chi connectivity index (χ0v) is 31.2. The van der Waals surface area contributed by atoms with Crippen LogP contribution in [-0.2, 0) is 9.53 Å². The number of likely N-dealkylation sites (tertiary alicyclic amines) is 1. The van der Waals surface area contributed by atoms with Gasteiger partial charge in [-0.3, -0.25) is 24.5 Å². The molecule has 1 atom stereocenters. The molecule has 3 aliphatic heterocycles. The number of morpholine rings is 1. The molecule has 2 aromatic heterocycles. The van der Waals surface area contributed by atoms with E-state index in [1.54, 1.807) is 29.2 Å². The minimum absolute atomic E-state index is 0.0127. The van der Waals surface area contributed by atoms with Crippen molar-refractivity contribution in [1.29, 1.82) is 5.26 Å². The molecule has 1 saturated carbocycles. The number of ether oxygens (including phenoxy) is 2. The van der Waals surface area contributed by atoms with Crippen molar-refractivity contribution in [1.82, 2.24) is 35.5 Å². The van der Waals surface area contributed by atoms with Gasteiger partial charge in [0.05, 0.1) is 52.8 Å². The molecule has 1 aliphatic carbocycles. The quantitative estimate of drug-likeness (QED) is 0.247. The molecule has 4 aliphatic rings. The first kappa shape index (κ1) is 36.7. The van der Waals surface area contributed by atoms with Gasteiger partial charge in [0.2, 0.25) is 5.91 Å². The Morgan fingerprint density at radius 2 is 1.85 bits per heavy atom. The van der Waals surface area contributed by atoms with Crippen molar-refractivity contribution in [3.8, 4) is 11.8 Å². The number of fused-ring (bicyclic) bond motifs is 1. The number of piperidine rings is 1. The number of anilines is 2. The minimum atomic E-state index is -0.397. The number of urea groups is 1. The maximum absolute atomic E-state index is 13.1. The van der Waals surface area contributed by atoms with Gasteiger partial charge in [0, 0.05) is 63.2 Å². The number of hydrogen-bond donors (Lipinski definition) is 2. The summed E-state index contributed by atoms with van der Waals surface area (Å²) in [6.45, 7) is 4.94. The third-order valence-electron chi connectivity index (χ3n) is 11.0. The van der Waals surface area contributed by atoms with E-state index in [4.69, 9.17) is 31.4 Å². The number of aromatic nitrogens is 4. The van der Waals surface area contributed by atoms with Crippen LogP contribution in [0, 0.1) is 11.3 Å². The molecular formula is C39H43ClN10O5. The molecule has 3 saturated heterocycles. The average molecular weight is 767 g/mol. The summed E-state index contributed by atoms with van der Waals surface area (Å²) in [4.78, 5) is 43.5. The summed E-state index contributed by atoms with van der Waals surface area (Å²) >= 11 is 6.15. The Balaban J connectivity index is 0.791. The lowest BCUT2D eigenvalue weighted by molar-refractivity contribution is -0.120. The van der Waals surface area contributed by atoms with Gasteiger partial charge in [0.25, 0.3) is 5.91 Å². The highest BCUT2D eigenvalue weighted by Gasteiger charge is 2.30.